The first-order chi connectivity index (χ1) is 11.4. The molecule has 1 aromatic carbocycles. The molecule has 0 aliphatic heterocycles. The van der Waals surface area contributed by atoms with Gasteiger partial charge in [-0.3, -0.25) is 0 Å². The van der Waals surface area contributed by atoms with Gasteiger partial charge in [-0.05, 0) is 23.8 Å². The van der Waals surface area contributed by atoms with Gasteiger partial charge in [0.2, 0.25) is 5.88 Å². The fourth-order valence-corrected chi connectivity index (χ4v) is 1.93. The van der Waals surface area contributed by atoms with E-state index < -0.39 is 17.8 Å². The molecule has 0 aliphatic rings. The SMILES string of the molecule is O=C(O)c1cccc(CNCCOc2cccc(C(F)(F)F)n2)c1. The third-order valence-electron chi connectivity index (χ3n) is 3.05. The molecule has 24 heavy (non-hydrogen) atoms. The summed E-state index contributed by atoms with van der Waals surface area (Å²) >= 11 is 0. The van der Waals surface area contributed by atoms with Crippen LogP contribution < -0.4 is 10.1 Å². The molecule has 2 rings (SSSR count). The predicted molar refractivity (Wildman–Crippen MR) is 79.8 cm³/mol. The van der Waals surface area contributed by atoms with Crippen LogP contribution in [0.4, 0.5) is 13.2 Å². The van der Waals surface area contributed by atoms with Gasteiger partial charge in [-0.1, -0.05) is 18.2 Å². The standard InChI is InChI=1S/C16H15F3N2O3/c17-16(18,19)13-5-2-6-14(21-13)24-8-7-20-10-11-3-1-4-12(9-11)15(22)23/h1-6,9,20H,7-8,10H2,(H,22,23). The van der Waals surface area contributed by atoms with Crippen LogP contribution in [0.25, 0.3) is 0 Å². The molecule has 2 aromatic rings. The van der Waals surface area contributed by atoms with Crippen molar-refractivity contribution in [2.24, 2.45) is 0 Å². The van der Waals surface area contributed by atoms with Gasteiger partial charge in [0.25, 0.3) is 0 Å². The number of halogens is 3. The quantitative estimate of drug-likeness (QED) is 0.758. The van der Waals surface area contributed by atoms with E-state index in [1.807, 2.05) is 0 Å². The second-order valence-corrected chi connectivity index (χ2v) is 4.89. The summed E-state index contributed by atoms with van der Waals surface area (Å²) in [5, 5.41) is 11.9. The average molecular weight is 340 g/mol. The monoisotopic (exact) mass is 340 g/mol. The van der Waals surface area contributed by atoms with Crippen LogP contribution in [-0.2, 0) is 12.7 Å². The Morgan fingerprint density at radius 2 is 1.96 bits per heavy atom. The third-order valence-corrected chi connectivity index (χ3v) is 3.05. The van der Waals surface area contributed by atoms with Crippen LogP contribution in [0.1, 0.15) is 21.6 Å². The molecule has 0 fully saturated rings. The molecule has 2 N–H and O–H groups in total. The first kappa shape index (κ1) is 17.7. The van der Waals surface area contributed by atoms with Gasteiger partial charge in [-0.15, -0.1) is 0 Å². The Kier molecular flexibility index (Phi) is 5.75. The van der Waals surface area contributed by atoms with Gasteiger partial charge >= 0.3 is 12.1 Å². The zero-order chi connectivity index (χ0) is 17.6. The molecule has 0 unspecified atom stereocenters. The smallest absolute Gasteiger partial charge is 0.433 e. The molecule has 8 heteroatoms. The number of nitrogens with zero attached hydrogens (tertiary/aromatic N) is 1. The van der Waals surface area contributed by atoms with Crippen molar-refractivity contribution < 1.29 is 27.8 Å². The summed E-state index contributed by atoms with van der Waals surface area (Å²) in [6, 6.07) is 9.92. The number of hydrogen-bond donors (Lipinski definition) is 2. The summed E-state index contributed by atoms with van der Waals surface area (Å²) in [6.45, 7) is 0.919. The number of aromatic carboxylic acids is 1. The lowest BCUT2D eigenvalue weighted by molar-refractivity contribution is -0.141. The van der Waals surface area contributed by atoms with Crippen LogP contribution >= 0.6 is 0 Å². The summed E-state index contributed by atoms with van der Waals surface area (Å²) in [6.07, 6.45) is -4.51. The highest BCUT2D eigenvalue weighted by atomic mass is 19.4. The molecule has 0 radical (unpaired) electrons. The second kappa shape index (κ2) is 7.78. The number of aromatic nitrogens is 1. The molecular weight excluding hydrogens is 325 g/mol. The number of hydrogen-bond acceptors (Lipinski definition) is 4. The van der Waals surface area contributed by atoms with Crippen LogP contribution in [0.2, 0.25) is 0 Å². The Morgan fingerprint density at radius 3 is 2.67 bits per heavy atom. The number of carboxylic acid groups (broad SMARTS) is 1. The maximum absolute atomic E-state index is 12.5. The number of nitrogens with one attached hydrogen (secondary N) is 1. The summed E-state index contributed by atoms with van der Waals surface area (Å²) in [5.74, 6) is -1.10. The van der Waals surface area contributed by atoms with Gasteiger partial charge in [0.1, 0.15) is 12.3 Å². The molecular formula is C16H15F3N2O3. The van der Waals surface area contributed by atoms with Crippen molar-refractivity contribution in [1.82, 2.24) is 10.3 Å². The predicted octanol–water partition coefficient (Wildman–Crippen LogP) is 2.97. The summed E-state index contributed by atoms with van der Waals surface area (Å²) < 4.78 is 42.7. The number of carboxylic acids is 1. The van der Waals surface area contributed by atoms with Gasteiger partial charge < -0.3 is 15.2 Å². The van der Waals surface area contributed by atoms with Crippen molar-refractivity contribution in [2.75, 3.05) is 13.2 Å². The number of pyridine rings is 1. The largest absolute Gasteiger partial charge is 0.478 e. The normalized spacial score (nSPS) is 11.3. The summed E-state index contributed by atoms with van der Waals surface area (Å²) in [5.41, 5.74) is -0.0238. The lowest BCUT2D eigenvalue weighted by Gasteiger charge is -2.10. The fourth-order valence-electron chi connectivity index (χ4n) is 1.93. The van der Waals surface area contributed by atoms with E-state index in [4.69, 9.17) is 9.84 Å². The Labute approximate surface area is 136 Å². The third kappa shape index (κ3) is 5.24. The molecule has 1 aromatic heterocycles. The van der Waals surface area contributed by atoms with E-state index in [1.54, 1.807) is 18.2 Å². The molecule has 0 atom stereocenters. The minimum absolute atomic E-state index is 0.0977. The van der Waals surface area contributed by atoms with Crippen molar-refractivity contribution in [3.05, 3.63) is 59.3 Å². The van der Waals surface area contributed by atoms with E-state index >= 15 is 0 Å². The van der Waals surface area contributed by atoms with E-state index in [0.29, 0.717) is 13.1 Å². The highest BCUT2D eigenvalue weighted by molar-refractivity contribution is 5.87. The maximum Gasteiger partial charge on any atom is 0.433 e. The van der Waals surface area contributed by atoms with Gasteiger partial charge in [-0.25, -0.2) is 9.78 Å². The molecule has 1 heterocycles. The Bertz CT molecular complexity index is 705. The van der Waals surface area contributed by atoms with Crippen LogP contribution in [0.3, 0.4) is 0 Å². The van der Waals surface area contributed by atoms with Crippen LogP contribution in [0.5, 0.6) is 5.88 Å². The fraction of sp³-hybridized carbons (Fsp3) is 0.250. The molecule has 0 saturated carbocycles. The van der Waals surface area contributed by atoms with Gasteiger partial charge in [0.15, 0.2) is 0 Å². The number of rotatable bonds is 7. The first-order valence-corrected chi connectivity index (χ1v) is 7.06. The number of benzene rings is 1. The van der Waals surface area contributed by atoms with Gasteiger partial charge in [0, 0.05) is 19.2 Å². The highest BCUT2D eigenvalue weighted by Gasteiger charge is 2.32. The molecule has 0 amide bonds. The van der Waals surface area contributed by atoms with Crippen molar-refractivity contribution in [1.29, 1.82) is 0 Å². The second-order valence-electron chi connectivity index (χ2n) is 4.89. The first-order valence-electron chi connectivity index (χ1n) is 7.06. The van der Waals surface area contributed by atoms with Crippen molar-refractivity contribution in [3.8, 4) is 5.88 Å². The van der Waals surface area contributed by atoms with Crippen molar-refractivity contribution >= 4 is 5.97 Å². The zero-order valence-electron chi connectivity index (χ0n) is 12.5. The Hall–Kier alpha value is -2.61. The molecule has 128 valence electrons. The topological polar surface area (TPSA) is 71.5 Å². The van der Waals surface area contributed by atoms with E-state index in [9.17, 15) is 18.0 Å². The Balaban J connectivity index is 1.77. The van der Waals surface area contributed by atoms with Gasteiger partial charge in [0.05, 0.1) is 5.56 Å². The average Bonchev–Trinajstić information content (AvgIpc) is 2.54. The van der Waals surface area contributed by atoms with E-state index in [0.717, 1.165) is 11.6 Å². The molecule has 0 bridgehead atoms. The maximum atomic E-state index is 12.5. The van der Waals surface area contributed by atoms with Gasteiger partial charge in [-0.2, -0.15) is 13.2 Å². The zero-order valence-corrected chi connectivity index (χ0v) is 12.5. The van der Waals surface area contributed by atoms with Crippen LogP contribution in [0, 0.1) is 0 Å². The van der Waals surface area contributed by atoms with E-state index in [1.165, 1.54) is 18.2 Å². The van der Waals surface area contributed by atoms with Crippen LogP contribution in [-0.4, -0.2) is 29.2 Å². The van der Waals surface area contributed by atoms with Crippen molar-refractivity contribution in [2.45, 2.75) is 12.7 Å². The Morgan fingerprint density at radius 1 is 1.21 bits per heavy atom. The minimum Gasteiger partial charge on any atom is -0.478 e. The minimum atomic E-state index is -4.51. The number of carbonyl (C=O) groups is 1. The molecule has 0 aliphatic carbocycles. The van der Waals surface area contributed by atoms with E-state index in [-0.39, 0.29) is 18.1 Å². The summed E-state index contributed by atoms with van der Waals surface area (Å²) in [7, 11) is 0. The lowest BCUT2D eigenvalue weighted by atomic mass is 10.1. The molecule has 5 nitrogen and oxygen atoms in total. The van der Waals surface area contributed by atoms with Crippen molar-refractivity contribution in [3.63, 3.8) is 0 Å². The molecule has 0 spiro atoms. The lowest BCUT2D eigenvalue weighted by Crippen LogP contribution is -2.21. The number of ether oxygens (including phenoxy) is 1. The number of alkyl halides is 3. The highest BCUT2D eigenvalue weighted by Crippen LogP contribution is 2.28. The van der Waals surface area contributed by atoms with Crippen LogP contribution in [0.15, 0.2) is 42.5 Å². The van der Waals surface area contributed by atoms with E-state index in [2.05, 4.69) is 10.3 Å². The summed E-state index contributed by atoms with van der Waals surface area (Å²) in [4.78, 5) is 14.2. The molecule has 0 saturated heterocycles.